The number of nitrogens with zero attached hydrogens (tertiary/aromatic N) is 3. The Labute approximate surface area is 136 Å². The molecule has 0 aromatic carbocycles. The van der Waals surface area contributed by atoms with Crippen LogP contribution in [0.4, 0.5) is 11.8 Å². The van der Waals surface area contributed by atoms with Crippen LogP contribution in [0.15, 0.2) is 30.6 Å². The van der Waals surface area contributed by atoms with Crippen molar-refractivity contribution in [2.24, 2.45) is 0 Å². The van der Waals surface area contributed by atoms with E-state index in [0.717, 1.165) is 50.5 Å². The Morgan fingerprint density at radius 3 is 3.00 bits per heavy atom. The van der Waals surface area contributed by atoms with Crippen LogP contribution < -0.4 is 10.6 Å². The SMILES string of the molecule is Cc1ccc(CCNc2nccc(N[C@H]3CCCOC3)n2)cn1. The van der Waals surface area contributed by atoms with E-state index in [1.54, 1.807) is 6.20 Å². The molecule has 1 fully saturated rings. The van der Waals surface area contributed by atoms with Crippen LogP contribution in [-0.4, -0.2) is 40.8 Å². The summed E-state index contributed by atoms with van der Waals surface area (Å²) >= 11 is 0. The van der Waals surface area contributed by atoms with Gasteiger partial charge in [-0.1, -0.05) is 6.07 Å². The van der Waals surface area contributed by atoms with Crippen LogP contribution in [0.25, 0.3) is 0 Å². The van der Waals surface area contributed by atoms with Crippen molar-refractivity contribution in [2.75, 3.05) is 30.4 Å². The maximum absolute atomic E-state index is 5.48. The van der Waals surface area contributed by atoms with E-state index in [2.05, 4.69) is 31.7 Å². The van der Waals surface area contributed by atoms with E-state index in [0.29, 0.717) is 12.0 Å². The number of aromatic nitrogens is 3. The summed E-state index contributed by atoms with van der Waals surface area (Å²) in [6.07, 6.45) is 6.80. The van der Waals surface area contributed by atoms with Crippen molar-refractivity contribution in [3.8, 4) is 0 Å². The zero-order chi connectivity index (χ0) is 15.9. The van der Waals surface area contributed by atoms with Crippen molar-refractivity contribution in [3.05, 3.63) is 41.9 Å². The highest BCUT2D eigenvalue weighted by Gasteiger charge is 2.14. The Balaban J connectivity index is 1.49. The zero-order valence-electron chi connectivity index (χ0n) is 13.5. The molecule has 122 valence electrons. The third-order valence-corrected chi connectivity index (χ3v) is 3.84. The van der Waals surface area contributed by atoms with Gasteiger partial charge >= 0.3 is 0 Å². The van der Waals surface area contributed by atoms with Gasteiger partial charge in [0.15, 0.2) is 0 Å². The van der Waals surface area contributed by atoms with E-state index in [4.69, 9.17) is 4.74 Å². The minimum absolute atomic E-state index is 0.338. The average molecular weight is 313 g/mol. The Kier molecular flexibility index (Phi) is 5.37. The topological polar surface area (TPSA) is 72.0 Å². The first-order valence-electron chi connectivity index (χ1n) is 8.12. The summed E-state index contributed by atoms with van der Waals surface area (Å²) in [7, 11) is 0. The summed E-state index contributed by atoms with van der Waals surface area (Å²) in [6, 6.07) is 6.36. The minimum atomic E-state index is 0.338. The fraction of sp³-hybridized carbons (Fsp3) is 0.471. The van der Waals surface area contributed by atoms with Gasteiger partial charge in [-0.25, -0.2) is 4.98 Å². The number of ether oxygens (including phenoxy) is 1. The van der Waals surface area contributed by atoms with Gasteiger partial charge in [-0.3, -0.25) is 4.98 Å². The van der Waals surface area contributed by atoms with Gasteiger partial charge in [-0.15, -0.1) is 0 Å². The van der Waals surface area contributed by atoms with Crippen molar-refractivity contribution in [2.45, 2.75) is 32.2 Å². The molecule has 6 nitrogen and oxygen atoms in total. The van der Waals surface area contributed by atoms with Gasteiger partial charge in [0.1, 0.15) is 5.82 Å². The number of anilines is 2. The van der Waals surface area contributed by atoms with Crippen LogP contribution in [0.3, 0.4) is 0 Å². The monoisotopic (exact) mass is 313 g/mol. The second-order valence-electron chi connectivity index (χ2n) is 5.81. The number of aryl methyl sites for hydroxylation is 1. The molecule has 1 aliphatic heterocycles. The van der Waals surface area contributed by atoms with Crippen molar-refractivity contribution >= 4 is 11.8 Å². The van der Waals surface area contributed by atoms with Gasteiger partial charge in [0.05, 0.1) is 12.6 Å². The van der Waals surface area contributed by atoms with E-state index in [1.165, 1.54) is 5.56 Å². The van der Waals surface area contributed by atoms with Crippen molar-refractivity contribution in [3.63, 3.8) is 0 Å². The first kappa shape index (κ1) is 15.7. The van der Waals surface area contributed by atoms with Crippen LogP contribution in [-0.2, 0) is 11.2 Å². The highest BCUT2D eigenvalue weighted by atomic mass is 16.5. The molecule has 2 aromatic rings. The van der Waals surface area contributed by atoms with E-state index in [9.17, 15) is 0 Å². The zero-order valence-corrected chi connectivity index (χ0v) is 13.5. The highest BCUT2D eigenvalue weighted by molar-refractivity contribution is 5.40. The summed E-state index contributed by atoms with van der Waals surface area (Å²) in [5.74, 6) is 1.49. The molecule has 1 atom stereocenters. The largest absolute Gasteiger partial charge is 0.379 e. The summed E-state index contributed by atoms with van der Waals surface area (Å²) < 4.78 is 5.48. The molecule has 0 radical (unpaired) electrons. The average Bonchev–Trinajstić information content (AvgIpc) is 2.58. The molecule has 0 aliphatic carbocycles. The molecule has 6 heteroatoms. The third kappa shape index (κ3) is 4.89. The molecule has 23 heavy (non-hydrogen) atoms. The summed E-state index contributed by atoms with van der Waals surface area (Å²) in [4.78, 5) is 13.1. The Bertz CT molecular complexity index is 611. The maximum atomic E-state index is 5.48. The smallest absolute Gasteiger partial charge is 0.224 e. The molecule has 0 bridgehead atoms. The predicted octanol–water partition coefficient (Wildman–Crippen LogP) is 2.43. The number of rotatable bonds is 6. The summed E-state index contributed by atoms with van der Waals surface area (Å²) in [5, 5.41) is 6.67. The van der Waals surface area contributed by atoms with Crippen LogP contribution in [0.1, 0.15) is 24.1 Å². The summed E-state index contributed by atoms with van der Waals surface area (Å²) in [5.41, 5.74) is 2.24. The molecular weight excluding hydrogens is 290 g/mol. The molecule has 2 N–H and O–H groups in total. The van der Waals surface area contributed by atoms with Crippen LogP contribution >= 0.6 is 0 Å². The molecular formula is C17H23N5O. The van der Waals surface area contributed by atoms with Gasteiger partial charge in [-0.05, 0) is 43.9 Å². The lowest BCUT2D eigenvalue weighted by Crippen LogP contribution is -2.30. The van der Waals surface area contributed by atoms with Crippen LogP contribution in [0.2, 0.25) is 0 Å². The lowest BCUT2D eigenvalue weighted by molar-refractivity contribution is 0.0875. The fourth-order valence-corrected chi connectivity index (χ4v) is 2.55. The first-order valence-corrected chi connectivity index (χ1v) is 8.12. The summed E-state index contributed by atoms with van der Waals surface area (Å²) in [6.45, 7) is 4.38. The first-order chi connectivity index (χ1) is 11.3. The van der Waals surface area contributed by atoms with Crippen LogP contribution in [0, 0.1) is 6.92 Å². The second kappa shape index (κ2) is 7.87. The van der Waals surface area contributed by atoms with E-state index in [1.807, 2.05) is 25.3 Å². The number of hydrogen-bond donors (Lipinski definition) is 2. The molecule has 1 saturated heterocycles. The number of nitrogens with one attached hydrogen (secondary N) is 2. The predicted molar refractivity (Wildman–Crippen MR) is 90.7 cm³/mol. The molecule has 0 amide bonds. The highest BCUT2D eigenvalue weighted by Crippen LogP contribution is 2.13. The second-order valence-corrected chi connectivity index (χ2v) is 5.81. The van der Waals surface area contributed by atoms with Gasteiger partial charge < -0.3 is 15.4 Å². The van der Waals surface area contributed by atoms with E-state index >= 15 is 0 Å². The maximum Gasteiger partial charge on any atom is 0.224 e. The lowest BCUT2D eigenvalue weighted by Gasteiger charge is -2.23. The van der Waals surface area contributed by atoms with Gasteiger partial charge in [-0.2, -0.15) is 4.98 Å². The lowest BCUT2D eigenvalue weighted by atomic mass is 10.1. The van der Waals surface area contributed by atoms with Crippen molar-refractivity contribution in [1.29, 1.82) is 0 Å². The molecule has 0 spiro atoms. The molecule has 0 unspecified atom stereocenters. The molecule has 3 rings (SSSR count). The Morgan fingerprint density at radius 1 is 1.26 bits per heavy atom. The Morgan fingerprint density at radius 2 is 2.22 bits per heavy atom. The standard InChI is InChI=1S/C17H23N5O/c1-13-4-5-14(11-20-13)6-8-18-17-19-9-7-16(22-17)21-15-3-2-10-23-12-15/h4-5,7,9,11,15H,2-3,6,8,10,12H2,1H3,(H2,18,19,21,22)/t15-/m0/s1. The Hall–Kier alpha value is -2.21. The van der Waals surface area contributed by atoms with Gasteiger partial charge in [0, 0.05) is 31.2 Å². The fourth-order valence-electron chi connectivity index (χ4n) is 2.55. The van der Waals surface area contributed by atoms with Crippen molar-refractivity contribution < 1.29 is 4.74 Å². The molecule has 0 saturated carbocycles. The van der Waals surface area contributed by atoms with Gasteiger partial charge in [0.25, 0.3) is 0 Å². The quantitative estimate of drug-likeness (QED) is 0.853. The normalized spacial score (nSPS) is 17.7. The number of pyridine rings is 1. The van der Waals surface area contributed by atoms with Gasteiger partial charge in [0.2, 0.25) is 5.95 Å². The van der Waals surface area contributed by atoms with E-state index in [-0.39, 0.29) is 0 Å². The van der Waals surface area contributed by atoms with Crippen LogP contribution in [0.5, 0.6) is 0 Å². The minimum Gasteiger partial charge on any atom is -0.379 e. The van der Waals surface area contributed by atoms with E-state index < -0.39 is 0 Å². The molecule has 3 heterocycles. The number of hydrogen-bond acceptors (Lipinski definition) is 6. The van der Waals surface area contributed by atoms with Crippen molar-refractivity contribution in [1.82, 2.24) is 15.0 Å². The molecule has 1 aliphatic rings. The molecule has 2 aromatic heterocycles. The third-order valence-electron chi connectivity index (χ3n) is 3.84.